The molecule has 2 aliphatic carbocycles. The van der Waals surface area contributed by atoms with Crippen LogP contribution >= 0.6 is 15.9 Å². The maximum absolute atomic E-state index is 11.0. The van der Waals surface area contributed by atoms with Crippen LogP contribution in [0.1, 0.15) is 19.3 Å². The van der Waals surface area contributed by atoms with Crippen LogP contribution in [0.25, 0.3) is 0 Å². The fourth-order valence-corrected chi connectivity index (χ4v) is 2.76. The van der Waals surface area contributed by atoms with E-state index in [4.69, 9.17) is 0 Å². The lowest BCUT2D eigenvalue weighted by Crippen LogP contribution is -2.32. The summed E-state index contributed by atoms with van der Waals surface area (Å²) in [5.74, 6) is 2.56. The normalized spacial score (nSPS) is 44.9. The second-order valence-corrected chi connectivity index (χ2v) is 4.18. The highest BCUT2D eigenvalue weighted by molar-refractivity contribution is 9.09. The van der Waals surface area contributed by atoms with Crippen molar-refractivity contribution >= 4 is 21.7 Å². The topological polar surface area (TPSA) is 17.1 Å². The Balaban J connectivity index is 1.99. The van der Waals surface area contributed by atoms with Gasteiger partial charge in [-0.2, -0.15) is 0 Å². The molecule has 2 heteroatoms. The Labute approximate surface area is 69.3 Å². The van der Waals surface area contributed by atoms with E-state index in [9.17, 15) is 4.79 Å². The molecule has 1 nitrogen and oxygen atoms in total. The molecule has 0 aromatic carbocycles. The van der Waals surface area contributed by atoms with Crippen LogP contribution in [0.3, 0.4) is 0 Å². The highest BCUT2D eigenvalue weighted by atomic mass is 79.9. The Morgan fingerprint density at radius 1 is 1.50 bits per heavy atom. The first-order valence-corrected chi connectivity index (χ1v) is 5.02. The van der Waals surface area contributed by atoms with Gasteiger partial charge in [0.15, 0.2) is 0 Å². The third-order valence-corrected chi connectivity index (χ3v) is 3.80. The van der Waals surface area contributed by atoms with Gasteiger partial charge in [0.1, 0.15) is 5.78 Å². The molecule has 0 aromatic heterocycles. The minimum atomic E-state index is 0.475. The maximum atomic E-state index is 11.0. The summed E-state index contributed by atoms with van der Waals surface area (Å²) in [5.41, 5.74) is 0. The summed E-state index contributed by atoms with van der Waals surface area (Å²) in [6.45, 7) is 0. The summed E-state index contributed by atoms with van der Waals surface area (Å²) >= 11 is 3.47. The molecule has 2 unspecified atom stereocenters. The van der Waals surface area contributed by atoms with Crippen LogP contribution in [0.15, 0.2) is 0 Å². The summed E-state index contributed by atoms with van der Waals surface area (Å²) in [7, 11) is 0. The number of alkyl halides is 1. The van der Waals surface area contributed by atoms with E-state index >= 15 is 0 Å². The van der Waals surface area contributed by atoms with E-state index in [1.54, 1.807) is 0 Å². The zero-order chi connectivity index (χ0) is 7.14. The van der Waals surface area contributed by atoms with Crippen LogP contribution in [-0.4, -0.2) is 11.1 Å². The van der Waals surface area contributed by atoms with Crippen LogP contribution in [0.4, 0.5) is 0 Å². The molecule has 0 amide bonds. The van der Waals surface area contributed by atoms with Gasteiger partial charge >= 0.3 is 0 Å². The minimum absolute atomic E-state index is 0.475. The largest absolute Gasteiger partial charge is 0.299 e. The van der Waals surface area contributed by atoms with Gasteiger partial charge in [0, 0.05) is 17.7 Å². The SMILES string of the molecule is O=C1C[C@H]2CC(CBr)CC12. The maximum Gasteiger partial charge on any atom is 0.136 e. The smallest absolute Gasteiger partial charge is 0.136 e. The van der Waals surface area contributed by atoms with Gasteiger partial charge in [-0.25, -0.2) is 0 Å². The first-order valence-electron chi connectivity index (χ1n) is 3.90. The van der Waals surface area contributed by atoms with Gasteiger partial charge in [-0.1, -0.05) is 15.9 Å². The van der Waals surface area contributed by atoms with Crippen molar-refractivity contribution in [2.24, 2.45) is 17.8 Å². The summed E-state index contributed by atoms with van der Waals surface area (Å²) in [6, 6.07) is 0. The Bertz CT molecular complexity index is 167. The molecular weight excluding hydrogens is 192 g/mol. The van der Waals surface area contributed by atoms with Crippen molar-refractivity contribution in [3.63, 3.8) is 0 Å². The number of hydrogen-bond acceptors (Lipinski definition) is 1. The Hall–Kier alpha value is 0.150. The quantitative estimate of drug-likeness (QED) is 0.595. The molecule has 2 saturated carbocycles. The average molecular weight is 203 g/mol. The molecular formula is C8H11BrO. The van der Waals surface area contributed by atoms with E-state index in [0.717, 1.165) is 30.0 Å². The fourth-order valence-electron chi connectivity index (χ4n) is 2.24. The van der Waals surface area contributed by atoms with E-state index in [-0.39, 0.29) is 0 Å². The summed E-state index contributed by atoms with van der Waals surface area (Å²) in [6.07, 6.45) is 3.34. The van der Waals surface area contributed by atoms with Gasteiger partial charge in [0.2, 0.25) is 0 Å². The molecule has 3 atom stereocenters. The molecule has 2 fully saturated rings. The number of fused-ring (bicyclic) bond motifs is 1. The lowest BCUT2D eigenvalue weighted by molar-refractivity contribution is -0.132. The van der Waals surface area contributed by atoms with Crippen LogP contribution in [0, 0.1) is 17.8 Å². The minimum Gasteiger partial charge on any atom is -0.299 e. The third-order valence-electron chi connectivity index (χ3n) is 2.89. The Kier molecular flexibility index (Phi) is 1.59. The second-order valence-electron chi connectivity index (χ2n) is 3.53. The van der Waals surface area contributed by atoms with Gasteiger partial charge in [-0.05, 0) is 24.7 Å². The van der Waals surface area contributed by atoms with Crippen LogP contribution < -0.4 is 0 Å². The van der Waals surface area contributed by atoms with Gasteiger partial charge in [-0.3, -0.25) is 4.79 Å². The average Bonchev–Trinajstić information content (AvgIpc) is 2.26. The zero-order valence-corrected chi connectivity index (χ0v) is 7.43. The number of halogens is 1. The highest BCUT2D eigenvalue weighted by Crippen LogP contribution is 2.47. The van der Waals surface area contributed by atoms with Crippen LogP contribution in [0.2, 0.25) is 0 Å². The van der Waals surface area contributed by atoms with Crippen molar-refractivity contribution in [1.82, 2.24) is 0 Å². The molecule has 0 aliphatic heterocycles. The first kappa shape index (κ1) is 6.84. The standard InChI is InChI=1S/C8H11BrO/c9-4-5-1-6-3-8(10)7(6)2-5/h5-7H,1-4H2/t5?,6-,7?/m1/s1. The van der Waals surface area contributed by atoms with Gasteiger partial charge in [0.25, 0.3) is 0 Å². The molecule has 0 heterocycles. The van der Waals surface area contributed by atoms with Gasteiger partial charge in [0.05, 0.1) is 0 Å². The molecule has 56 valence electrons. The van der Waals surface area contributed by atoms with Gasteiger partial charge in [-0.15, -0.1) is 0 Å². The molecule has 2 rings (SSSR count). The van der Waals surface area contributed by atoms with E-state index in [2.05, 4.69) is 15.9 Å². The first-order chi connectivity index (χ1) is 4.81. The highest BCUT2D eigenvalue weighted by Gasteiger charge is 2.46. The van der Waals surface area contributed by atoms with Crippen molar-refractivity contribution in [2.45, 2.75) is 19.3 Å². The van der Waals surface area contributed by atoms with Crippen molar-refractivity contribution < 1.29 is 4.79 Å². The second kappa shape index (κ2) is 2.33. The lowest BCUT2D eigenvalue weighted by atomic mass is 9.75. The van der Waals surface area contributed by atoms with E-state index in [1.165, 1.54) is 6.42 Å². The van der Waals surface area contributed by atoms with Crippen LogP contribution in [0.5, 0.6) is 0 Å². The Morgan fingerprint density at radius 2 is 2.30 bits per heavy atom. The predicted molar refractivity (Wildman–Crippen MR) is 43.1 cm³/mol. The van der Waals surface area contributed by atoms with Crippen molar-refractivity contribution in [2.75, 3.05) is 5.33 Å². The molecule has 2 aliphatic rings. The predicted octanol–water partition coefficient (Wildman–Crippen LogP) is 2.00. The number of rotatable bonds is 1. The molecule has 0 aromatic rings. The van der Waals surface area contributed by atoms with Gasteiger partial charge < -0.3 is 0 Å². The lowest BCUT2D eigenvalue weighted by Gasteiger charge is -2.27. The molecule has 10 heavy (non-hydrogen) atoms. The monoisotopic (exact) mass is 202 g/mol. The van der Waals surface area contributed by atoms with E-state index in [1.807, 2.05) is 0 Å². The molecule has 0 bridgehead atoms. The van der Waals surface area contributed by atoms with E-state index in [0.29, 0.717) is 11.7 Å². The third kappa shape index (κ3) is 0.849. The van der Waals surface area contributed by atoms with Crippen molar-refractivity contribution in [3.05, 3.63) is 0 Å². The Morgan fingerprint density at radius 3 is 2.80 bits per heavy atom. The molecule has 0 saturated heterocycles. The molecule has 0 radical (unpaired) electrons. The number of carbonyl (C=O) groups excluding carboxylic acids is 1. The van der Waals surface area contributed by atoms with Crippen LogP contribution in [-0.2, 0) is 4.79 Å². The summed E-state index contributed by atoms with van der Waals surface area (Å²) in [4.78, 5) is 11.0. The fraction of sp³-hybridized carbons (Fsp3) is 0.875. The number of ketones is 1. The number of hydrogen-bond donors (Lipinski definition) is 0. The summed E-state index contributed by atoms with van der Waals surface area (Å²) < 4.78 is 0. The number of Topliss-reactive ketones (excluding diaryl/α,β-unsaturated/α-hetero) is 1. The van der Waals surface area contributed by atoms with Crippen molar-refractivity contribution in [3.8, 4) is 0 Å². The molecule has 0 N–H and O–H groups in total. The van der Waals surface area contributed by atoms with Crippen molar-refractivity contribution in [1.29, 1.82) is 0 Å². The van der Waals surface area contributed by atoms with E-state index < -0.39 is 0 Å². The number of carbonyl (C=O) groups is 1. The summed E-state index contributed by atoms with van der Waals surface area (Å²) in [5, 5.41) is 1.09. The molecule has 0 spiro atoms. The zero-order valence-electron chi connectivity index (χ0n) is 5.85.